The minimum atomic E-state index is -0.130. The fourth-order valence-corrected chi connectivity index (χ4v) is 4.40. The molecule has 5 aromatic rings. The Hall–Kier alpha value is -3.52. The number of nitrogens with zero attached hydrogens (tertiary/aromatic N) is 5. The molecule has 0 atom stereocenters. The Balaban J connectivity index is 1.49. The molecule has 0 amide bonds. The highest BCUT2D eigenvalue weighted by molar-refractivity contribution is 7.16. The number of ether oxygens (including phenoxy) is 1. The first kappa shape index (κ1) is 18.3. The Labute approximate surface area is 182 Å². The van der Waals surface area contributed by atoms with Gasteiger partial charge in [0, 0.05) is 24.5 Å². The van der Waals surface area contributed by atoms with Crippen LogP contribution in [-0.2, 0) is 7.05 Å². The molecule has 3 heterocycles. The van der Waals surface area contributed by atoms with Gasteiger partial charge in [0.1, 0.15) is 23.5 Å². The van der Waals surface area contributed by atoms with Gasteiger partial charge in [-0.2, -0.15) is 5.10 Å². The van der Waals surface area contributed by atoms with Crippen molar-refractivity contribution in [2.45, 2.75) is 25.4 Å². The van der Waals surface area contributed by atoms with Crippen LogP contribution in [0.25, 0.3) is 32.2 Å². The second kappa shape index (κ2) is 6.75. The standard InChI is InChI=1S/C23H20N6OS/c1-23(5-6-23)30-19-8-14(15-10-27-29(2)11-15)7-18-21(19)22(25-12-24-18)28-16-3-4-17-20(9-16)31-13-26-17/h3-4,7-13H,5-6H2,1-2H3,(H,24,25,28). The molecule has 0 spiro atoms. The Morgan fingerprint density at radius 1 is 1.06 bits per heavy atom. The summed E-state index contributed by atoms with van der Waals surface area (Å²) < 4.78 is 9.40. The first-order valence-corrected chi connectivity index (χ1v) is 11.0. The predicted octanol–water partition coefficient (Wildman–Crippen LogP) is 5.31. The third-order valence-corrected chi connectivity index (χ3v) is 6.44. The molecule has 1 aliphatic carbocycles. The van der Waals surface area contributed by atoms with Crippen LogP contribution in [0.5, 0.6) is 5.75 Å². The zero-order chi connectivity index (χ0) is 21.0. The molecule has 1 saturated carbocycles. The summed E-state index contributed by atoms with van der Waals surface area (Å²) in [5.74, 6) is 1.52. The van der Waals surface area contributed by atoms with Gasteiger partial charge in [-0.15, -0.1) is 11.3 Å². The quantitative estimate of drug-likeness (QED) is 0.408. The molecule has 1 aliphatic rings. The van der Waals surface area contributed by atoms with Crippen molar-refractivity contribution in [1.29, 1.82) is 0 Å². The number of rotatable bonds is 5. The van der Waals surface area contributed by atoms with E-state index in [0.29, 0.717) is 0 Å². The number of hydrogen-bond donors (Lipinski definition) is 1. The Morgan fingerprint density at radius 2 is 1.97 bits per heavy atom. The van der Waals surface area contributed by atoms with Gasteiger partial charge in [0.2, 0.25) is 0 Å². The molecular formula is C23H20N6OS. The van der Waals surface area contributed by atoms with Gasteiger partial charge in [-0.05, 0) is 55.7 Å². The van der Waals surface area contributed by atoms with Crippen molar-refractivity contribution in [3.8, 4) is 16.9 Å². The van der Waals surface area contributed by atoms with E-state index in [-0.39, 0.29) is 5.60 Å². The molecular weight excluding hydrogens is 408 g/mol. The van der Waals surface area contributed by atoms with E-state index in [1.54, 1.807) is 22.3 Å². The van der Waals surface area contributed by atoms with E-state index in [4.69, 9.17) is 4.74 Å². The lowest BCUT2D eigenvalue weighted by molar-refractivity contribution is 0.203. The molecule has 154 valence electrons. The lowest BCUT2D eigenvalue weighted by Gasteiger charge is -2.18. The minimum Gasteiger partial charge on any atom is -0.487 e. The van der Waals surface area contributed by atoms with Crippen molar-refractivity contribution in [2.75, 3.05) is 5.32 Å². The highest BCUT2D eigenvalue weighted by Crippen LogP contribution is 2.44. The Morgan fingerprint density at radius 3 is 2.77 bits per heavy atom. The monoisotopic (exact) mass is 428 g/mol. The average Bonchev–Trinajstić information content (AvgIpc) is 3.14. The van der Waals surface area contributed by atoms with Gasteiger partial charge in [0.05, 0.1) is 32.8 Å². The van der Waals surface area contributed by atoms with E-state index in [1.165, 1.54) is 0 Å². The number of anilines is 2. The number of aryl methyl sites for hydroxylation is 1. The van der Waals surface area contributed by atoms with Gasteiger partial charge in [-0.25, -0.2) is 15.0 Å². The molecule has 0 unspecified atom stereocenters. The summed E-state index contributed by atoms with van der Waals surface area (Å²) in [5.41, 5.74) is 6.56. The molecule has 0 radical (unpaired) electrons. The van der Waals surface area contributed by atoms with E-state index in [9.17, 15) is 0 Å². The number of hydrogen-bond acceptors (Lipinski definition) is 7. The smallest absolute Gasteiger partial charge is 0.145 e. The summed E-state index contributed by atoms with van der Waals surface area (Å²) in [6.45, 7) is 2.14. The Kier molecular flexibility index (Phi) is 3.97. The van der Waals surface area contributed by atoms with Crippen LogP contribution >= 0.6 is 11.3 Å². The lowest BCUT2D eigenvalue weighted by Crippen LogP contribution is -2.13. The summed E-state index contributed by atoms with van der Waals surface area (Å²) in [6, 6.07) is 10.3. The van der Waals surface area contributed by atoms with Crippen LogP contribution in [-0.4, -0.2) is 30.3 Å². The largest absolute Gasteiger partial charge is 0.487 e. The van der Waals surface area contributed by atoms with Crippen molar-refractivity contribution in [1.82, 2.24) is 24.7 Å². The van der Waals surface area contributed by atoms with Crippen LogP contribution in [0.1, 0.15) is 19.8 Å². The van der Waals surface area contributed by atoms with Gasteiger partial charge in [0.25, 0.3) is 0 Å². The van der Waals surface area contributed by atoms with E-state index in [1.807, 2.05) is 37.1 Å². The van der Waals surface area contributed by atoms with Crippen LogP contribution in [0.2, 0.25) is 0 Å². The van der Waals surface area contributed by atoms with Crippen molar-refractivity contribution in [3.63, 3.8) is 0 Å². The van der Waals surface area contributed by atoms with Gasteiger partial charge < -0.3 is 10.1 Å². The number of nitrogens with one attached hydrogen (secondary N) is 1. The van der Waals surface area contributed by atoms with Crippen molar-refractivity contribution in [3.05, 3.63) is 54.6 Å². The molecule has 3 aromatic heterocycles. The number of benzene rings is 2. The summed E-state index contributed by atoms with van der Waals surface area (Å²) in [5, 5.41) is 8.66. The minimum absolute atomic E-state index is 0.130. The fourth-order valence-electron chi connectivity index (χ4n) is 3.68. The maximum absolute atomic E-state index is 6.48. The van der Waals surface area contributed by atoms with Crippen molar-refractivity contribution >= 4 is 44.0 Å². The number of thiazole rings is 1. The van der Waals surface area contributed by atoms with Crippen LogP contribution in [0.4, 0.5) is 11.5 Å². The Bertz CT molecular complexity index is 1430. The van der Waals surface area contributed by atoms with Crippen LogP contribution < -0.4 is 10.1 Å². The molecule has 8 heteroatoms. The first-order chi connectivity index (χ1) is 15.1. The van der Waals surface area contributed by atoms with Crippen LogP contribution in [0.15, 0.2) is 54.6 Å². The average molecular weight is 429 g/mol. The summed E-state index contributed by atoms with van der Waals surface area (Å²) in [7, 11) is 1.91. The van der Waals surface area contributed by atoms with Crippen LogP contribution in [0.3, 0.4) is 0 Å². The maximum atomic E-state index is 6.48. The molecule has 0 bridgehead atoms. The van der Waals surface area contributed by atoms with Gasteiger partial charge in [0.15, 0.2) is 0 Å². The van der Waals surface area contributed by atoms with E-state index in [0.717, 1.165) is 62.3 Å². The van der Waals surface area contributed by atoms with Crippen molar-refractivity contribution in [2.24, 2.45) is 7.05 Å². The molecule has 0 saturated heterocycles. The molecule has 0 aliphatic heterocycles. The zero-order valence-electron chi connectivity index (χ0n) is 17.2. The number of fused-ring (bicyclic) bond motifs is 2. The third-order valence-electron chi connectivity index (χ3n) is 5.64. The second-order valence-electron chi connectivity index (χ2n) is 8.21. The van der Waals surface area contributed by atoms with Gasteiger partial charge >= 0.3 is 0 Å². The lowest BCUT2D eigenvalue weighted by atomic mass is 10.1. The van der Waals surface area contributed by atoms with E-state index >= 15 is 0 Å². The molecule has 31 heavy (non-hydrogen) atoms. The van der Waals surface area contributed by atoms with Gasteiger partial charge in [-0.3, -0.25) is 4.68 Å². The predicted molar refractivity (Wildman–Crippen MR) is 123 cm³/mol. The molecule has 7 nitrogen and oxygen atoms in total. The second-order valence-corrected chi connectivity index (χ2v) is 9.09. The molecule has 1 fully saturated rings. The van der Waals surface area contributed by atoms with Crippen LogP contribution in [0, 0.1) is 0 Å². The van der Waals surface area contributed by atoms with E-state index < -0.39 is 0 Å². The summed E-state index contributed by atoms with van der Waals surface area (Å²) >= 11 is 1.62. The fraction of sp³-hybridized carbons (Fsp3) is 0.217. The SMILES string of the molecule is Cn1cc(-c2cc(OC3(C)CC3)c3c(Nc4ccc5ncsc5c4)ncnc3c2)cn1. The van der Waals surface area contributed by atoms with E-state index in [2.05, 4.69) is 50.5 Å². The highest BCUT2D eigenvalue weighted by Gasteiger charge is 2.40. The highest BCUT2D eigenvalue weighted by atomic mass is 32.1. The molecule has 1 N–H and O–H groups in total. The molecule has 6 rings (SSSR count). The first-order valence-electron chi connectivity index (χ1n) is 10.1. The normalized spacial score (nSPS) is 14.8. The maximum Gasteiger partial charge on any atom is 0.145 e. The number of aromatic nitrogens is 5. The topological polar surface area (TPSA) is 77.8 Å². The van der Waals surface area contributed by atoms with Crippen molar-refractivity contribution < 1.29 is 4.74 Å². The van der Waals surface area contributed by atoms with Gasteiger partial charge in [-0.1, -0.05) is 0 Å². The molecule has 2 aromatic carbocycles. The third kappa shape index (κ3) is 3.38. The summed E-state index contributed by atoms with van der Waals surface area (Å²) in [6.07, 6.45) is 7.53. The summed E-state index contributed by atoms with van der Waals surface area (Å²) in [4.78, 5) is 13.5. The zero-order valence-corrected chi connectivity index (χ0v) is 18.0.